The van der Waals surface area contributed by atoms with Gasteiger partial charge in [0.05, 0.1) is 0 Å². The van der Waals surface area contributed by atoms with Crippen LogP contribution in [0.5, 0.6) is 0 Å². The molecule has 0 fully saturated rings. The van der Waals surface area contributed by atoms with E-state index in [1.807, 2.05) is 0 Å². The molecule has 0 aliphatic rings. The van der Waals surface area contributed by atoms with Crippen molar-refractivity contribution in [1.82, 2.24) is 0 Å². The lowest BCUT2D eigenvalue weighted by molar-refractivity contribution is -0.132. The number of aliphatic carboxylic acids is 1. The molecule has 14 heavy (non-hydrogen) atoms. The van der Waals surface area contributed by atoms with Gasteiger partial charge in [0, 0.05) is 12.0 Å². The van der Waals surface area contributed by atoms with Crippen molar-refractivity contribution in [3.05, 3.63) is 12.2 Å². The van der Waals surface area contributed by atoms with E-state index in [1.54, 1.807) is 6.92 Å². The first-order valence-electron chi connectivity index (χ1n) is 3.97. The number of ketones is 1. The molecule has 5 nitrogen and oxygen atoms in total. The van der Waals surface area contributed by atoms with Gasteiger partial charge in [-0.3, -0.25) is 4.79 Å². The third-order valence-corrected chi connectivity index (χ3v) is 1.24. The van der Waals surface area contributed by atoms with Gasteiger partial charge in [-0.15, -0.1) is 0 Å². The molecular weight excluding hydrogens is 186 g/mol. The predicted molar refractivity (Wildman–Crippen MR) is 52.6 cm³/mol. The zero-order valence-electron chi connectivity index (χ0n) is 8.57. The lowest BCUT2D eigenvalue weighted by atomic mass is 10.2. The second-order valence-corrected chi connectivity index (χ2v) is 2.55. The highest BCUT2D eigenvalue weighted by atomic mass is 16.4. The van der Waals surface area contributed by atoms with Gasteiger partial charge in [-0.05, 0) is 13.8 Å². The van der Waals surface area contributed by atoms with Crippen molar-refractivity contribution in [2.45, 2.75) is 27.2 Å². The van der Waals surface area contributed by atoms with Crippen LogP contribution in [0.15, 0.2) is 17.3 Å². The lowest BCUT2D eigenvalue weighted by Crippen LogP contribution is -2.07. The quantitative estimate of drug-likeness (QED) is 0.313. The highest BCUT2D eigenvalue weighted by Gasteiger charge is 2.00. The lowest BCUT2D eigenvalue weighted by Gasteiger charge is -1.88. The van der Waals surface area contributed by atoms with Crippen LogP contribution in [0.25, 0.3) is 0 Å². The van der Waals surface area contributed by atoms with Crippen LogP contribution in [0.1, 0.15) is 27.2 Å². The topological polar surface area (TPSA) is 87.0 Å². The van der Waals surface area contributed by atoms with E-state index in [-0.39, 0.29) is 17.1 Å². The molecule has 0 saturated heterocycles. The van der Waals surface area contributed by atoms with E-state index < -0.39 is 5.97 Å². The van der Waals surface area contributed by atoms with Gasteiger partial charge in [0.2, 0.25) is 0 Å². The number of hydrogen-bond donors (Lipinski definition) is 2. The Bertz CT molecular complexity index is 244. The third kappa shape index (κ3) is 8.45. The van der Waals surface area contributed by atoms with Gasteiger partial charge in [0.25, 0.3) is 0 Å². The highest BCUT2D eigenvalue weighted by Crippen LogP contribution is 1.83. The van der Waals surface area contributed by atoms with Crippen molar-refractivity contribution < 1.29 is 19.9 Å². The highest BCUT2D eigenvalue weighted by molar-refractivity contribution is 6.38. The normalized spacial score (nSPS) is 9.79. The summed E-state index contributed by atoms with van der Waals surface area (Å²) in [5, 5.41) is 18.6. The first kappa shape index (κ1) is 14.9. The van der Waals surface area contributed by atoms with Crippen LogP contribution in [0.3, 0.4) is 0 Å². The van der Waals surface area contributed by atoms with Crippen molar-refractivity contribution in [2.24, 2.45) is 5.16 Å². The molecule has 0 aromatic carbocycles. The number of carboxylic acid groups (broad SMARTS) is 1. The molecule has 0 rings (SSSR count). The van der Waals surface area contributed by atoms with E-state index in [0.717, 1.165) is 0 Å². The average Bonchev–Trinajstić information content (AvgIpc) is 2.16. The standard InChI is InChI=1S/C5H9NO2.C4H6O2/c1-3-5(7)4(2)6-8;1-3(2)4(5)6/h8H,3H2,1-2H3;1H2,2H3,(H,5,6). The molecule has 0 aliphatic heterocycles. The first-order valence-corrected chi connectivity index (χ1v) is 3.97. The van der Waals surface area contributed by atoms with Gasteiger partial charge in [-0.25, -0.2) is 4.79 Å². The average molecular weight is 201 g/mol. The monoisotopic (exact) mass is 201 g/mol. The Morgan fingerprint density at radius 3 is 1.79 bits per heavy atom. The summed E-state index contributed by atoms with van der Waals surface area (Å²) < 4.78 is 0. The van der Waals surface area contributed by atoms with Gasteiger partial charge in [0.1, 0.15) is 5.71 Å². The van der Waals surface area contributed by atoms with E-state index in [1.165, 1.54) is 13.8 Å². The fraction of sp³-hybridized carbons (Fsp3) is 0.444. The van der Waals surface area contributed by atoms with Crippen molar-refractivity contribution in [2.75, 3.05) is 0 Å². The molecule has 0 aliphatic carbocycles. The zero-order chi connectivity index (χ0) is 11.7. The number of carboxylic acids is 1. The largest absolute Gasteiger partial charge is 0.478 e. The Morgan fingerprint density at radius 2 is 1.71 bits per heavy atom. The molecule has 0 heterocycles. The van der Waals surface area contributed by atoms with Gasteiger partial charge >= 0.3 is 5.97 Å². The maximum Gasteiger partial charge on any atom is 0.330 e. The van der Waals surface area contributed by atoms with Crippen LogP contribution in [-0.4, -0.2) is 27.8 Å². The second kappa shape index (κ2) is 7.97. The first-order chi connectivity index (χ1) is 6.36. The van der Waals surface area contributed by atoms with Crippen molar-refractivity contribution in [1.29, 1.82) is 0 Å². The van der Waals surface area contributed by atoms with Crippen LogP contribution < -0.4 is 0 Å². The van der Waals surface area contributed by atoms with E-state index >= 15 is 0 Å². The minimum absolute atomic E-state index is 0.118. The van der Waals surface area contributed by atoms with Crippen molar-refractivity contribution in [3.8, 4) is 0 Å². The summed E-state index contributed by atoms with van der Waals surface area (Å²) in [6, 6.07) is 0. The Morgan fingerprint density at radius 1 is 1.36 bits per heavy atom. The van der Waals surface area contributed by atoms with Gasteiger partial charge in [-0.1, -0.05) is 18.7 Å². The SMILES string of the molecule is C=C(C)C(=O)O.CCC(=O)C(C)=NO. The number of Topliss-reactive ketones (excluding diaryl/α,β-unsaturated/α-hetero) is 1. The number of rotatable bonds is 3. The molecule has 2 N–H and O–H groups in total. The van der Waals surface area contributed by atoms with Crippen LogP contribution in [-0.2, 0) is 9.59 Å². The molecule has 0 aromatic rings. The fourth-order valence-electron chi connectivity index (χ4n) is 0.312. The molecule has 0 aromatic heterocycles. The Kier molecular flexibility index (Phi) is 8.46. The van der Waals surface area contributed by atoms with E-state index in [0.29, 0.717) is 6.42 Å². The fourth-order valence-corrected chi connectivity index (χ4v) is 0.312. The molecule has 80 valence electrons. The summed E-state index contributed by atoms with van der Waals surface area (Å²) in [5.41, 5.74) is 0.350. The predicted octanol–water partition coefficient (Wildman–Crippen LogP) is 1.46. The van der Waals surface area contributed by atoms with Crippen LogP contribution in [0.2, 0.25) is 0 Å². The van der Waals surface area contributed by atoms with Crippen LogP contribution in [0.4, 0.5) is 0 Å². The molecule has 0 amide bonds. The second-order valence-electron chi connectivity index (χ2n) is 2.55. The zero-order valence-corrected chi connectivity index (χ0v) is 8.57. The minimum Gasteiger partial charge on any atom is -0.478 e. The molecule has 0 radical (unpaired) electrons. The number of nitrogens with zero attached hydrogens (tertiary/aromatic N) is 1. The Balaban J connectivity index is 0. The molecule has 0 spiro atoms. The van der Waals surface area contributed by atoms with Crippen molar-refractivity contribution in [3.63, 3.8) is 0 Å². The summed E-state index contributed by atoms with van der Waals surface area (Å²) in [5.74, 6) is -1.05. The maximum absolute atomic E-state index is 10.5. The molecule has 5 heteroatoms. The molecule has 0 bridgehead atoms. The maximum atomic E-state index is 10.5. The van der Waals surface area contributed by atoms with Crippen molar-refractivity contribution >= 4 is 17.5 Å². The Hall–Kier alpha value is -1.65. The third-order valence-electron chi connectivity index (χ3n) is 1.24. The van der Waals surface area contributed by atoms with E-state index in [9.17, 15) is 9.59 Å². The molecule has 0 atom stereocenters. The van der Waals surface area contributed by atoms with Gasteiger partial charge < -0.3 is 10.3 Å². The van der Waals surface area contributed by atoms with Crippen LogP contribution >= 0.6 is 0 Å². The number of carbonyl (C=O) groups excluding carboxylic acids is 1. The summed E-state index contributed by atoms with van der Waals surface area (Å²) in [6.07, 6.45) is 0.399. The Labute approximate surface area is 82.7 Å². The number of oxime groups is 1. The minimum atomic E-state index is -0.935. The summed E-state index contributed by atoms with van der Waals surface area (Å²) in [4.78, 5) is 20.1. The number of carbonyl (C=O) groups is 2. The van der Waals surface area contributed by atoms with E-state index in [2.05, 4.69) is 11.7 Å². The summed E-state index contributed by atoms with van der Waals surface area (Å²) in [7, 11) is 0. The smallest absolute Gasteiger partial charge is 0.330 e. The van der Waals surface area contributed by atoms with Crippen LogP contribution in [0, 0.1) is 0 Å². The summed E-state index contributed by atoms with van der Waals surface area (Å²) in [6.45, 7) is 7.80. The molecule has 0 saturated carbocycles. The molecular formula is C9H15NO4. The molecule has 0 unspecified atom stereocenters. The van der Waals surface area contributed by atoms with Gasteiger partial charge in [0.15, 0.2) is 5.78 Å². The van der Waals surface area contributed by atoms with Gasteiger partial charge in [-0.2, -0.15) is 0 Å². The summed E-state index contributed by atoms with van der Waals surface area (Å²) >= 11 is 0. The van der Waals surface area contributed by atoms with E-state index in [4.69, 9.17) is 10.3 Å². The number of hydrogen-bond acceptors (Lipinski definition) is 4.